The lowest BCUT2D eigenvalue weighted by molar-refractivity contribution is -0.131. The lowest BCUT2D eigenvalue weighted by Gasteiger charge is -2.29. The topological polar surface area (TPSA) is 49.0 Å². The highest BCUT2D eigenvalue weighted by Crippen LogP contribution is 2.20. The van der Waals surface area contributed by atoms with Crippen molar-refractivity contribution in [3.63, 3.8) is 0 Å². The molecule has 0 saturated carbocycles. The quantitative estimate of drug-likeness (QED) is 0.791. The van der Waals surface area contributed by atoms with Crippen LogP contribution in [0.5, 0.6) is 0 Å². The minimum atomic E-state index is 0.190. The number of imidazole rings is 1. The van der Waals surface area contributed by atoms with E-state index in [9.17, 15) is 4.79 Å². The number of carbonyl (C=O) groups is 1. The van der Waals surface area contributed by atoms with Crippen LogP contribution in [0.3, 0.4) is 0 Å². The van der Waals surface area contributed by atoms with Crippen LogP contribution < -0.4 is 0 Å². The molecular formula is C19H19N3O. The molecule has 1 amide bonds. The molecule has 0 saturated heterocycles. The Kier molecular flexibility index (Phi) is 3.37. The molecule has 1 aliphatic heterocycles. The van der Waals surface area contributed by atoms with Gasteiger partial charge in [0.1, 0.15) is 5.82 Å². The molecule has 1 N–H and O–H groups in total. The molecule has 4 rings (SSSR count). The number of H-pyrrole nitrogens is 1. The average Bonchev–Trinajstić information content (AvgIpc) is 2.93. The van der Waals surface area contributed by atoms with Gasteiger partial charge in [0, 0.05) is 13.1 Å². The summed E-state index contributed by atoms with van der Waals surface area (Å²) in [7, 11) is 0. The Morgan fingerprint density at radius 1 is 1.22 bits per heavy atom. The molecule has 2 heterocycles. The largest absolute Gasteiger partial charge is 0.342 e. The molecule has 1 aliphatic rings. The monoisotopic (exact) mass is 305 g/mol. The van der Waals surface area contributed by atoms with Crippen LogP contribution in [0.25, 0.3) is 11.0 Å². The number of aryl methyl sites for hydroxylation is 1. The smallest absolute Gasteiger partial charge is 0.227 e. The Balaban J connectivity index is 1.51. The summed E-state index contributed by atoms with van der Waals surface area (Å²) in [4.78, 5) is 22.2. The molecular weight excluding hydrogens is 286 g/mol. The second kappa shape index (κ2) is 5.54. The van der Waals surface area contributed by atoms with E-state index in [1.54, 1.807) is 0 Å². The van der Waals surface area contributed by atoms with Crippen molar-refractivity contribution in [1.29, 1.82) is 0 Å². The number of nitrogens with zero attached hydrogens (tertiary/aromatic N) is 2. The van der Waals surface area contributed by atoms with Gasteiger partial charge in [0.25, 0.3) is 0 Å². The fourth-order valence-corrected chi connectivity index (χ4v) is 3.29. The molecule has 0 bridgehead atoms. The zero-order chi connectivity index (χ0) is 15.8. The Bertz CT molecular complexity index is 881. The summed E-state index contributed by atoms with van der Waals surface area (Å²) in [5, 5.41) is 0. The summed E-state index contributed by atoms with van der Waals surface area (Å²) >= 11 is 0. The molecule has 3 aromatic rings. The minimum absolute atomic E-state index is 0.190. The number of aromatic nitrogens is 2. The van der Waals surface area contributed by atoms with Gasteiger partial charge in [-0.2, -0.15) is 0 Å². The van der Waals surface area contributed by atoms with Crippen molar-refractivity contribution < 1.29 is 4.79 Å². The van der Waals surface area contributed by atoms with Gasteiger partial charge in [-0.15, -0.1) is 0 Å². The van der Waals surface area contributed by atoms with Crippen LogP contribution in [0.15, 0.2) is 42.5 Å². The number of aromatic amines is 1. The van der Waals surface area contributed by atoms with Crippen LogP contribution >= 0.6 is 0 Å². The first-order valence-corrected chi connectivity index (χ1v) is 7.99. The second-order valence-corrected chi connectivity index (χ2v) is 6.18. The molecule has 4 nitrogen and oxygen atoms in total. The Hall–Kier alpha value is -2.62. The van der Waals surface area contributed by atoms with Crippen molar-refractivity contribution in [3.8, 4) is 0 Å². The molecule has 2 aromatic carbocycles. The number of amides is 1. The summed E-state index contributed by atoms with van der Waals surface area (Å²) in [6.07, 6.45) is 1.39. The van der Waals surface area contributed by atoms with Gasteiger partial charge in [-0.3, -0.25) is 4.79 Å². The summed E-state index contributed by atoms with van der Waals surface area (Å²) in [6, 6.07) is 14.4. The van der Waals surface area contributed by atoms with E-state index in [0.29, 0.717) is 6.42 Å². The summed E-state index contributed by atoms with van der Waals surface area (Å²) in [6.45, 7) is 3.47. The minimum Gasteiger partial charge on any atom is -0.342 e. The first-order valence-electron chi connectivity index (χ1n) is 7.99. The van der Waals surface area contributed by atoms with E-state index in [4.69, 9.17) is 0 Å². The lowest BCUT2D eigenvalue weighted by atomic mass is 9.99. The summed E-state index contributed by atoms with van der Waals surface area (Å²) < 4.78 is 0. The summed E-state index contributed by atoms with van der Waals surface area (Å²) in [5.41, 5.74) is 5.62. The van der Waals surface area contributed by atoms with Crippen LogP contribution in [0, 0.1) is 6.92 Å². The molecule has 1 aromatic heterocycles. The molecule has 0 radical (unpaired) electrons. The first kappa shape index (κ1) is 14.0. The van der Waals surface area contributed by atoms with E-state index in [-0.39, 0.29) is 5.91 Å². The number of nitrogens with one attached hydrogen (secondary N) is 1. The number of fused-ring (bicyclic) bond motifs is 2. The molecule has 116 valence electrons. The van der Waals surface area contributed by atoms with Crippen molar-refractivity contribution in [2.24, 2.45) is 0 Å². The van der Waals surface area contributed by atoms with Gasteiger partial charge in [0.15, 0.2) is 0 Å². The van der Waals surface area contributed by atoms with Gasteiger partial charge in [0.05, 0.1) is 17.5 Å². The van der Waals surface area contributed by atoms with E-state index >= 15 is 0 Å². The van der Waals surface area contributed by atoms with E-state index in [0.717, 1.165) is 41.9 Å². The Morgan fingerprint density at radius 2 is 2.04 bits per heavy atom. The number of hydrogen-bond acceptors (Lipinski definition) is 2. The molecule has 0 spiro atoms. The first-order chi connectivity index (χ1) is 11.2. The normalized spacial score (nSPS) is 14.0. The zero-order valence-electron chi connectivity index (χ0n) is 13.2. The highest BCUT2D eigenvalue weighted by molar-refractivity contribution is 5.82. The van der Waals surface area contributed by atoms with Gasteiger partial charge in [-0.05, 0) is 42.2 Å². The molecule has 23 heavy (non-hydrogen) atoms. The third-order valence-corrected chi connectivity index (χ3v) is 4.50. The van der Waals surface area contributed by atoms with Gasteiger partial charge < -0.3 is 9.88 Å². The van der Waals surface area contributed by atoms with Crippen molar-refractivity contribution in [2.45, 2.75) is 26.3 Å². The number of hydrogen-bond donors (Lipinski definition) is 1. The van der Waals surface area contributed by atoms with Crippen molar-refractivity contribution in [2.75, 3.05) is 6.54 Å². The zero-order valence-corrected chi connectivity index (χ0v) is 13.2. The maximum Gasteiger partial charge on any atom is 0.227 e. The molecule has 0 aliphatic carbocycles. The molecule has 4 heteroatoms. The van der Waals surface area contributed by atoms with E-state index < -0.39 is 0 Å². The SMILES string of the molecule is Cc1nc2ccc(CC(=O)N3CCc4ccccc4C3)cc2[nH]1. The van der Waals surface area contributed by atoms with Crippen LogP contribution in [-0.2, 0) is 24.2 Å². The maximum absolute atomic E-state index is 12.6. The van der Waals surface area contributed by atoms with Crippen LogP contribution in [0.2, 0.25) is 0 Å². The van der Waals surface area contributed by atoms with Crippen LogP contribution in [-0.4, -0.2) is 27.3 Å². The van der Waals surface area contributed by atoms with E-state index in [1.807, 2.05) is 36.1 Å². The maximum atomic E-state index is 12.6. The second-order valence-electron chi connectivity index (χ2n) is 6.18. The number of benzene rings is 2. The van der Waals surface area contributed by atoms with Gasteiger partial charge >= 0.3 is 0 Å². The van der Waals surface area contributed by atoms with Gasteiger partial charge in [-0.25, -0.2) is 4.98 Å². The molecule has 0 unspecified atom stereocenters. The molecule has 0 atom stereocenters. The highest BCUT2D eigenvalue weighted by Gasteiger charge is 2.20. The molecule has 0 fully saturated rings. The fourth-order valence-electron chi connectivity index (χ4n) is 3.29. The predicted molar refractivity (Wildman–Crippen MR) is 90.1 cm³/mol. The third-order valence-electron chi connectivity index (χ3n) is 4.50. The van der Waals surface area contributed by atoms with Crippen molar-refractivity contribution in [3.05, 3.63) is 65.0 Å². The average molecular weight is 305 g/mol. The standard InChI is InChI=1S/C19H19N3O/c1-13-20-17-7-6-14(10-18(17)21-13)11-19(23)22-9-8-15-4-2-3-5-16(15)12-22/h2-7,10H,8-9,11-12H2,1H3,(H,20,21). The van der Waals surface area contributed by atoms with Gasteiger partial charge in [0.2, 0.25) is 5.91 Å². The van der Waals surface area contributed by atoms with E-state index in [1.165, 1.54) is 11.1 Å². The van der Waals surface area contributed by atoms with Crippen LogP contribution in [0.4, 0.5) is 0 Å². The number of carbonyl (C=O) groups excluding carboxylic acids is 1. The number of rotatable bonds is 2. The third kappa shape index (κ3) is 2.72. The van der Waals surface area contributed by atoms with E-state index in [2.05, 4.69) is 28.2 Å². The highest BCUT2D eigenvalue weighted by atomic mass is 16.2. The Labute approximate surface area is 135 Å². The van der Waals surface area contributed by atoms with Gasteiger partial charge in [-0.1, -0.05) is 30.3 Å². The Morgan fingerprint density at radius 3 is 2.91 bits per heavy atom. The van der Waals surface area contributed by atoms with Crippen molar-refractivity contribution in [1.82, 2.24) is 14.9 Å². The van der Waals surface area contributed by atoms with Crippen LogP contribution in [0.1, 0.15) is 22.5 Å². The lowest BCUT2D eigenvalue weighted by Crippen LogP contribution is -2.36. The van der Waals surface area contributed by atoms with Crippen molar-refractivity contribution >= 4 is 16.9 Å². The predicted octanol–water partition coefficient (Wildman–Crippen LogP) is 3.00. The fraction of sp³-hybridized carbons (Fsp3) is 0.263. The summed E-state index contributed by atoms with van der Waals surface area (Å²) in [5.74, 6) is 1.09.